The van der Waals surface area contributed by atoms with E-state index in [2.05, 4.69) is 41.6 Å². The van der Waals surface area contributed by atoms with Crippen LogP contribution >= 0.6 is 0 Å². The van der Waals surface area contributed by atoms with Crippen molar-refractivity contribution in [1.82, 2.24) is 4.98 Å². The minimum Gasteiger partial charge on any atom is -0.381 e. The first-order valence-corrected chi connectivity index (χ1v) is 8.31. The van der Waals surface area contributed by atoms with Crippen molar-refractivity contribution < 1.29 is 9.53 Å². The summed E-state index contributed by atoms with van der Waals surface area (Å²) in [6.07, 6.45) is 3.29. The Morgan fingerprint density at radius 3 is 2.46 bits per heavy atom. The number of anilines is 3. The summed E-state index contributed by atoms with van der Waals surface area (Å²) in [5, 5.41) is 6.28. The second kappa shape index (κ2) is 7.45. The lowest BCUT2D eigenvalue weighted by atomic mass is 9.99. The number of carbonyl (C=O) groups is 1. The molecule has 1 aliphatic rings. The molecule has 2 aromatic rings. The number of aryl methyl sites for hydroxylation is 2. The third kappa shape index (κ3) is 3.92. The van der Waals surface area contributed by atoms with Crippen LogP contribution in [0.4, 0.5) is 17.2 Å². The topological polar surface area (TPSA) is 63.2 Å². The number of amides is 1. The van der Waals surface area contributed by atoms with Gasteiger partial charge in [0.25, 0.3) is 0 Å². The molecule has 0 radical (unpaired) electrons. The number of rotatable bonds is 4. The molecule has 2 N–H and O–H groups in total. The van der Waals surface area contributed by atoms with Crippen LogP contribution in [-0.2, 0) is 9.53 Å². The molecule has 0 atom stereocenters. The lowest BCUT2D eigenvalue weighted by Gasteiger charge is -2.21. The Balaban J connectivity index is 1.64. The second-order valence-corrected chi connectivity index (χ2v) is 6.20. The third-order valence-corrected chi connectivity index (χ3v) is 4.36. The highest BCUT2D eigenvalue weighted by Gasteiger charge is 2.21. The molecule has 24 heavy (non-hydrogen) atoms. The molecule has 1 amide bonds. The molecule has 0 saturated carbocycles. The fourth-order valence-corrected chi connectivity index (χ4v) is 2.89. The number of benzene rings is 1. The summed E-state index contributed by atoms with van der Waals surface area (Å²) in [6, 6.07) is 9.95. The molecule has 2 heterocycles. The van der Waals surface area contributed by atoms with Gasteiger partial charge in [0.1, 0.15) is 5.82 Å². The highest BCUT2D eigenvalue weighted by molar-refractivity contribution is 5.91. The third-order valence-electron chi connectivity index (χ3n) is 4.36. The van der Waals surface area contributed by atoms with Gasteiger partial charge in [-0.1, -0.05) is 18.2 Å². The summed E-state index contributed by atoms with van der Waals surface area (Å²) in [4.78, 5) is 16.6. The van der Waals surface area contributed by atoms with Crippen molar-refractivity contribution in [3.05, 3.63) is 47.7 Å². The lowest BCUT2D eigenvalue weighted by molar-refractivity contribution is -0.122. The number of aromatic nitrogens is 1. The zero-order chi connectivity index (χ0) is 16.9. The summed E-state index contributed by atoms with van der Waals surface area (Å²) >= 11 is 0. The Bertz CT molecular complexity index is 687. The van der Waals surface area contributed by atoms with E-state index < -0.39 is 0 Å². The van der Waals surface area contributed by atoms with Crippen LogP contribution in [0.2, 0.25) is 0 Å². The van der Waals surface area contributed by atoms with Crippen molar-refractivity contribution in [3.63, 3.8) is 0 Å². The minimum atomic E-state index is 0.0213. The van der Waals surface area contributed by atoms with E-state index in [4.69, 9.17) is 4.74 Å². The number of pyridine rings is 1. The van der Waals surface area contributed by atoms with E-state index in [0.29, 0.717) is 19.0 Å². The monoisotopic (exact) mass is 325 g/mol. The molecule has 1 fully saturated rings. The molecular formula is C19H23N3O2. The summed E-state index contributed by atoms with van der Waals surface area (Å²) in [5.41, 5.74) is 4.37. The van der Waals surface area contributed by atoms with E-state index in [9.17, 15) is 4.79 Å². The molecule has 1 aliphatic heterocycles. The SMILES string of the molecule is Cc1cccc(C)c1Nc1ccc(NC(=O)C2CCOCC2)nc1. The van der Waals surface area contributed by atoms with Gasteiger partial charge in [0.05, 0.1) is 11.9 Å². The van der Waals surface area contributed by atoms with Gasteiger partial charge in [0.15, 0.2) is 0 Å². The van der Waals surface area contributed by atoms with Crippen LogP contribution in [0.3, 0.4) is 0 Å². The molecular weight excluding hydrogens is 302 g/mol. The maximum Gasteiger partial charge on any atom is 0.228 e. The first kappa shape index (κ1) is 16.5. The van der Waals surface area contributed by atoms with Gasteiger partial charge in [-0.05, 0) is 49.9 Å². The van der Waals surface area contributed by atoms with Crippen molar-refractivity contribution >= 4 is 23.1 Å². The van der Waals surface area contributed by atoms with Gasteiger partial charge in [0, 0.05) is 24.8 Å². The van der Waals surface area contributed by atoms with E-state index in [1.807, 2.05) is 18.2 Å². The molecule has 0 aliphatic carbocycles. The predicted octanol–water partition coefficient (Wildman–Crippen LogP) is 3.81. The lowest BCUT2D eigenvalue weighted by Crippen LogP contribution is -2.28. The largest absolute Gasteiger partial charge is 0.381 e. The Morgan fingerprint density at radius 1 is 1.12 bits per heavy atom. The van der Waals surface area contributed by atoms with Crippen molar-refractivity contribution in [2.45, 2.75) is 26.7 Å². The van der Waals surface area contributed by atoms with Gasteiger partial charge in [-0.2, -0.15) is 0 Å². The summed E-state index contributed by atoms with van der Waals surface area (Å²) in [7, 11) is 0. The van der Waals surface area contributed by atoms with E-state index in [-0.39, 0.29) is 11.8 Å². The van der Waals surface area contributed by atoms with E-state index in [0.717, 1.165) is 24.2 Å². The Morgan fingerprint density at radius 2 is 1.83 bits per heavy atom. The number of para-hydroxylation sites is 1. The number of nitrogens with one attached hydrogen (secondary N) is 2. The average molecular weight is 325 g/mol. The Labute approximate surface area is 142 Å². The Kier molecular flexibility index (Phi) is 5.11. The summed E-state index contributed by atoms with van der Waals surface area (Å²) < 4.78 is 5.29. The van der Waals surface area contributed by atoms with Gasteiger partial charge in [-0.25, -0.2) is 4.98 Å². The summed E-state index contributed by atoms with van der Waals surface area (Å²) in [5.74, 6) is 0.632. The molecule has 0 spiro atoms. The predicted molar refractivity (Wildman–Crippen MR) is 95.6 cm³/mol. The zero-order valence-corrected chi connectivity index (χ0v) is 14.1. The van der Waals surface area contributed by atoms with Crippen molar-refractivity contribution in [2.24, 2.45) is 5.92 Å². The van der Waals surface area contributed by atoms with Gasteiger partial charge < -0.3 is 15.4 Å². The fraction of sp³-hybridized carbons (Fsp3) is 0.368. The molecule has 0 bridgehead atoms. The number of hydrogen-bond acceptors (Lipinski definition) is 4. The standard InChI is InChI=1S/C19H23N3O2/c1-13-4-3-5-14(2)18(13)21-16-6-7-17(20-12-16)22-19(23)15-8-10-24-11-9-15/h3-7,12,15,21H,8-11H2,1-2H3,(H,20,22,23). The highest BCUT2D eigenvalue weighted by atomic mass is 16.5. The van der Waals surface area contributed by atoms with E-state index in [1.165, 1.54) is 11.1 Å². The van der Waals surface area contributed by atoms with Crippen LogP contribution in [0.5, 0.6) is 0 Å². The molecule has 5 heteroatoms. The van der Waals surface area contributed by atoms with E-state index >= 15 is 0 Å². The number of hydrogen-bond donors (Lipinski definition) is 2. The fourth-order valence-electron chi connectivity index (χ4n) is 2.89. The smallest absolute Gasteiger partial charge is 0.228 e. The van der Waals surface area contributed by atoms with Crippen LogP contribution < -0.4 is 10.6 Å². The molecule has 0 unspecified atom stereocenters. The van der Waals surface area contributed by atoms with Crippen molar-refractivity contribution in [1.29, 1.82) is 0 Å². The van der Waals surface area contributed by atoms with Gasteiger partial charge in [-0.15, -0.1) is 0 Å². The molecule has 3 rings (SSSR count). The number of carbonyl (C=O) groups excluding carboxylic acids is 1. The van der Waals surface area contributed by atoms with Crippen LogP contribution in [-0.4, -0.2) is 24.1 Å². The maximum absolute atomic E-state index is 12.2. The van der Waals surface area contributed by atoms with Gasteiger partial charge in [0.2, 0.25) is 5.91 Å². The van der Waals surface area contributed by atoms with Gasteiger partial charge in [-0.3, -0.25) is 4.79 Å². The number of ether oxygens (including phenoxy) is 1. The molecule has 1 aromatic heterocycles. The molecule has 5 nitrogen and oxygen atoms in total. The molecule has 1 saturated heterocycles. The van der Waals surface area contributed by atoms with Crippen LogP contribution in [0.15, 0.2) is 36.5 Å². The normalized spacial score (nSPS) is 15.1. The minimum absolute atomic E-state index is 0.0213. The van der Waals surface area contributed by atoms with E-state index in [1.54, 1.807) is 6.20 Å². The second-order valence-electron chi connectivity index (χ2n) is 6.20. The van der Waals surface area contributed by atoms with Crippen molar-refractivity contribution in [2.75, 3.05) is 23.8 Å². The number of nitrogens with zero attached hydrogens (tertiary/aromatic N) is 1. The van der Waals surface area contributed by atoms with Crippen LogP contribution in [0.1, 0.15) is 24.0 Å². The maximum atomic E-state index is 12.2. The van der Waals surface area contributed by atoms with Crippen LogP contribution in [0.25, 0.3) is 0 Å². The average Bonchev–Trinajstić information content (AvgIpc) is 2.60. The molecule has 126 valence electrons. The Hall–Kier alpha value is -2.40. The quantitative estimate of drug-likeness (QED) is 0.897. The first-order valence-electron chi connectivity index (χ1n) is 8.31. The summed E-state index contributed by atoms with van der Waals surface area (Å²) in [6.45, 7) is 5.46. The van der Waals surface area contributed by atoms with Gasteiger partial charge >= 0.3 is 0 Å². The van der Waals surface area contributed by atoms with Crippen molar-refractivity contribution in [3.8, 4) is 0 Å². The molecule has 1 aromatic carbocycles. The van der Waals surface area contributed by atoms with Crippen LogP contribution in [0, 0.1) is 19.8 Å². The highest BCUT2D eigenvalue weighted by Crippen LogP contribution is 2.24. The first-order chi connectivity index (χ1) is 11.6. The zero-order valence-electron chi connectivity index (χ0n) is 14.1.